The first-order valence-electron chi connectivity index (χ1n) is 5.77. The lowest BCUT2D eigenvalue weighted by Gasteiger charge is -2.04. The molecule has 4 nitrogen and oxygen atoms in total. The second-order valence-electron chi connectivity index (χ2n) is 3.57. The van der Waals surface area contributed by atoms with Crippen molar-refractivity contribution in [2.24, 2.45) is 5.11 Å². The van der Waals surface area contributed by atoms with Crippen LogP contribution in [0.2, 0.25) is 0 Å². The lowest BCUT2D eigenvalue weighted by molar-refractivity contribution is 0.317. The molecule has 0 aliphatic carbocycles. The minimum absolute atomic E-state index is 0.499. The van der Waals surface area contributed by atoms with Gasteiger partial charge in [-0.1, -0.05) is 36.3 Å². The van der Waals surface area contributed by atoms with E-state index >= 15 is 0 Å². The molecule has 0 atom stereocenters. The molecule has 1 aromatic carbocycles. The molecule has 0 bridgehead atoms. The maximum absolute atomic E-state index is 8.12. The number of benzene rings is 1. The van der Waals surface area contributed by atoms with Gasteiger partial charge in [0.2, 0.25) is 0 Å². The first-order chi connectivity index (χ1) is 8.36. The predicted octanol–water partition coefficient (Wildman–Crippen LogP) is 4.19. The first-order valence-corrected chi connectivity index (χ1v) is 5.77. The second-order valence-corrected chi connectivity index (χ2v) is 3.57. The van der Waals surface area contributed by atoms with E-state index in [1.54, 1.807) is 0 Å². The molecule has 17 heavy (non-hydrogen) atoms. The van der Waals surface area contributed by atoms with Gasteiger partial charge in [0.25, 0.3) is 0 Å². The summed E-state index contributed by atoms with van der Waals surface area (Å²) in [7, 11) is 0. The lowest BCUT2D eigenvalue weighted by Crippen LogP contribution is -1.94. The zero-order valence-electron chi connectivity index (χ0n) is 10.0. The average Bonchev–Trinajstić information content (AvgIpc) is 2.37. The first kappa shape index (κ1) is 13.1. The van der Waals surface area contributed by atoms with Gasteiger partial charge in [0.15, 0.2) is 0 Å². The number of azide groups is 1. The lowest BCUT2D eigenvalue weighted by atomic mass is 10.2. The van der Waals surface area contributed by atoms with E-state index < -0.39 is 0 Å². The van der Waals surface area contributed by atoms with E-state index in [1.165, 1.54) is 0 Å². The third-order valence-corrected chi connectivity index (χ3v) is 2.10. The van der Waals surface area contributed by atoms with E-state index in [9.17, 15) is 0 Å². The van der Waals surface area contributed by atoms with Crippen molar-refractivity contribution >= 4 is 6.08 Å². The molecule has 0 saturated heterocycles. The smallest absolute Gasteiger partial charge is 0.119 e. The van der Waals surface area contributed by atoms with Gasteiger partial charge in [-0.25, -0.2) is 0 Å². The average molecular weight is 231 g/mol. The van der Waals surface area contributed by atoms with Crippen LogP contribution in [0.3, 0.4) is 0 Å². The zero-order valence-corrected chi connectivity index (χ0v) is 10.0. The topological polar surface area (TPSA) is 58.0 Å². The fourth-order valence-corrected chi connectivity index (χ4v) is 1.32. The summed E-state index contributed by atoms with van der Waals surface area (Å²) in [5.41, 5.74) is 9.22. The Balaban J connectivity index is 2.49. The summed E-state index contributed by atoms with van der Waals surface area (Å²) in [6.45, 7) is 3.32. The quantitative estimate of drug-likeness (QED) is 0.300. The molecular formula is C13H17N3O. The van der Waals surface area contributed by atoms with Crippen molar-refractivity contribution < 1.29 is 4.74 Å². The number of hydrogen-bond acceptors (Lipinski definition) is 2. The highest BCUT2D eigenvalue weighted by molar-refractivity contribution is 5.51. The molecule has 0 spiro atoms. The molecule has 0 amide bonds. The van der Waals surface area contributed by atoms with Gasteiger partial charge in [0, 0.05) is 11.5 Å². The molecule has 90 valence electrons. The Hall–Kier alpha value is -1.93. The largest absolute Gasteiger partial charge is 0.494 e. The maximum Gasteiger partial charge on any atom is 0.119 e. The van der Waals surface area contributed by atoms with Gasteiger partial charge in [-0.05, 0) is 36.1 Å². The van der Waals surface area contributed by atoms with Crippen molar-refractivity contribution in [1.29, 1.82) is 0 Å². The molecule has 1 rings (SSSR count). The van der Waals surface area contributed by atoms with Gasteiger partial charge in [-0.15, -0.1) is 0 Å². The number of hydrogen-bond donors (Lipinski definition) is 0. The Morgan fingerprint density at radius 3 is 3.12 bits per heavy atom. The van der Waals surface area contributed by atoms with Crippen LogP contribution in [0.5, 0.6) is 5.75 Å². The van der Waals surface area contributed by atoms with E-state index in [1.807, 2.05) is 36.4 Å². The van der Waals surface area contributed by atoms with Crippen LogP contribution in [0.25, 0.3) is 16.5 Å². The van der Waals surface area contributed by atoms with Crippen LogP contribution in [-0.4, -0.2) is 13.2 Å². The Bertz CT molecular complexity index is 409. The fraction of sp³-hybridized carbons (Fsp3) is 0.385. The zero-order chi connectivity index (χ0) is 12.3. The van der Waals surface area contributed by atoms with Gasteiger partial charge in [0.1, 0.15) is 5.75 Å². The molecule has 0 aliphatic rings. The van der Waals surface area contributed by atoms with Crippen LogP contribution in [0.1, 0.15) is 25.3 Å². The monoisotopic (exact) mass is 231 g/mol. The van der Waals surface area contributed by atoms with Crippen molar-refractivity contribution in [2.75, 3.05) is 13.2 Å². The molecule has 0 N–H and O–H groups in total. The summed E-state index contributed by atoms with van der Waals surface area (Å²) in [5, 5.41) is 3.47. The number of ether oxygens (including phenoxy) is 1. The molecule has 0 saturated carbocycles. The van der Waals surface area contributed by atoms with Gasteiger partial charge in [-0.2, -0.15) is 0 Å². The van der Waals surface area contributed by atoms with Crippen molar-refractivity contribution in [3.8, 4) is 5.75 Å². The Kier molecular flexibility index (Phi) is 6.37. The van der Waals surface area contributed by atoms with E-state index in [0.717, 1.165) is 30.8 Å². The molecule has 0 heterocycles. The fourth-order valence-electron chi connectivity index (χ4n) is 1.32. The maximum atomic E-state index is 8.12. The summed E-state index contributed by atoms with van der Waals surface area (Å²) in [6, 6.07) is 7.94. The third kappa shape index (κ3) is 5.64. The van der Waals surface area contributed by atoms with Gasteiger partial charge < -0.3 is 4.74 Å². The van der Waals surface area contributed by atoms with Crippen LogP contribution >= 0.6 is 0 Å². The SMILES string of the molecule is CCCOc1cccc(C=CCCN=[N+]=[N-])c1. The van der Waals surface area contributed by atoms with E-state index in [0.29, 0.717) is 6.54 Å². The van der Waals surface area contributed by atoms with Crippen LogP contribution in [-0.2, 0) is 0 Å². The summed E-state index contributed by atoms with van der Waals surface area (Å²) < 4.78 is 5.54. The Morgan fingerprint density at radius 2 is 2.35 bits per heavy atom. The summed E-state index contributed by atoms with van der Waals surface area (Å²) in [5.74, 6) is 0.893. The molecule has 0 fully saturated rings. The molecular weight excluding hydrogens is 214 g/mol. The highest BCUT2D eigenvalue weighted by atomic mass is 16.5. The highest BCUT2D eigenvalue weighted by Crippen LogP contribution is 2.14. The summed E-state index contributed by atoms with van der Waals surface area (Å²) >= 11 is 0. The minimum atomic E-state index is 0.499. The number of nitrogens with zero attached hydrogens (tertiary/aromatic N) is 3. The van der Waals surface area contributed by atoms with Crippen molar-refractivity contribution in [3.63, 3.8) is 0 Å². The summed E-state index contributed by atoms with van der Waals surface area (Å²) in [6.07, 6.45) is 5.76. The minimum Gasteiger partial charge on any atom is -0.494 e. The van der Waals surface area contributed by atoms with Gasteiger partial charge in [0.05, 0.1) is 6.61 Å². The van der Waals surface area contributed by atoms with Gasteiger partial charge >= 0.3 is 0 Å². The van der Waals surface area contributed by atoms with Crippen LogP contribution in [0, 0.1) is 0 Å². The van der Waals surface area contributed by atoms with Crippen molar-refractivity contribution in [2.45, 2.75) is 19.8 Å². The summed E-state index contributed by atoms with van der Waals surface area (Å²) in [4.78, 5) is 2.70. The van der Waals surface area contributed by atoms with Crippen LogP contribution in [0.4, 0.5) is 0 Å². The molecule has 1 aromatic rings. The molecule has 0 unspecified atom stereocenters. The number of rotatable bonds is 7. The molecule has 4 heteroatoms. The second kappa shape index (κ2) is 8.25. The van der Waals surface area contributed by atoms with Gasteiger partial charge in [-0.3, -0.25) is 0 Å². The highest BCUT2D eigenvalue weighted by Gasteiger charge is 1.93. The van der Waals surface area contributed by atoms with Crippen molar-refractivity contribution in [1.82, 2.24) is 0 Å². The predicted molar refractivity (Wildman–Crippen MR) is 69.9 cm³/mol. The van der Waals surface area contributed by atoms with E-state index in [4.69, 9.17) is 10.3 Å². The van der Waals surface area contributed by atoms with Crippen molar-refractivity contribution in [3.05, 3.63) is 46.3 Å². The van der Waals surface area contributed by atoms with Crippen LogP contribution < -0.4 is 4.74 Å². The van der Waals surface area contributed by atoms with Crippen LogP contribution in [0.15, 0.2) is 35.5 Å². The third-order valence-electron chi connectivity index (χ3n) is 2.10. The normalized spacial score (nSPS) is 10.2. The van der Waals surface area contributed by atoms with E-state index in [-0.39, 0.29) is 0 Å². The Labute approximate surface area is 102 Å². The molecule has 0 aliphatic heterocycles. The molecule has 0 radical (unpaired) electrons. The van der Waals surface area contributed by atoms with E-state index in [2.05, 4.69) is 16.9 Å². The molecule has 0 aromatic heterocycles. The Morgan fingerprint density at radius 1 is 1.47 bits per heavy atom. The standard InChI is InChI=1S/C13H17N3O/c1-2-10-17-13-8-5-7-12(11-13)6-3-4-9-15-16-14/h3,5-8,11H,2,4,9-10H2,1H3.